The summed E-state index contributed by atoms with van der Waals surface area (Å²) in [7, 11) is 0. The number of aromatic nitrogens is 1. The van der Waals surface area contributed by atoms with E-state index in [1.54, 1.807) is 24.3 Å². The zero-order valence-corrected chi connectivity index (χ0v) is 19.6. The van der Waals surface area contributed by atoms with Crippen molar-refractivity contribution >= 4 is 35.1 Å². The Balaban J connectivity index is 1.42. The largest absolute Gasteiger partial charge is 0.378 e. The fourth-order valence-corrected chi connectivity index (χ4v) is 4.72. The molecular weight excluding hydrogens is 442 g/mol. The van der Waals surface area contributed by atoms with Crippen molar-refractivity contribution in [3.63, 3.8) is 0 Å². The molecule has 8 nitrogen and oxygen atoms in total. The maximum atomic E-state index is 11.0. The SMILES string of the molecule is Cc1[nH]c2ccccc2c1C=NN=CC1=C(N2CCOCC2)C(=Cc2ccc([N+](=O)[O-])cc2)CC1. The molecule has 178 valence electrons. The molecule has 0 spiro atoms. The molecular formula is C27H27N5O3. The summed E-state index contributed by atoms with van der Waals surface area (Å²) in [6.45, 7) is 5.06. The third kappa shape index (κ3) is 4.93. The van der Waals surface area contributed by atoms with Gasteiger partial charge in [0.1, 0.15) is 0 Å². The number of aryl methyl sites for hydroxylation is 1. The first-order chi connectivity index (χ1) is 17.1. The van der Waals surface area contributed by atoms with Gasteiger partial charge in [-0.2, -0.15) is 10.2 Å². The van der Waals surface area contributed by atoms with Crippen molar-refractivity contribution in [1.29, 1.82) is 0 Å². The number of nitrogens with one attached hydrogen (secondary N) is 1. The van der Waals surface area contributed by atoms with E-state index in [1.807, 2.05) is 31.5 Å². The predicted octanol–water partition coefficient (Wildman–Crippen LogP) is 5.25. The number of H-pyrrole nitrogens is 1. The van der Waals surface area contributed by atoms with Gasteiger partial charge in [-0.05, 0) is 60.8 Å². The second-order valence-electron chi connectivity index (χ2n) is 8.69. The van der Waals surface area contributed by atoms with Gasteiger partial charge in [0.25, 0.3) is 5.69 Å². The Labute approximate surface area is 203 Å². The lowest BCUT2D eigenvalue weighted by Crippen LogP contribution is -2.36. The summed E-state index contributed by atoms with van der Waals surface area (Å²) in [5, 5.41) is 20.9. The van der Waals surface area contributed by atoms with E-state index in [4.69, 9.17) is 4.74 Å². The fourth-order valence-electron chi connectivity index (χ4n) is 4.72. The summed E-state index contributed by atoms with van der Waals surface area (Å²) >= 11 is 0. The molecule has 1 aliphatic carbocycles. The maximum absolute atomic E-state index is 11.0. The molecule has 0 saturated carbocycles. The highest BCUT2D eigenvalue weighted by Gasteiger charge is 2.25. The van der Waals surface area contributed by atoms with Gasteiger partial charge in [-0.1, -0.05) is 18.2 Å². The fraction of sp³-hybridized carbons (Fsp3) is 0.259. The molecule has 0 unspecified atom stereocenters. The molecule has 1 fully saturated rings. The Morgan fingerprint density at radius 1 is 1.03 bits per heavy atom. The van der Waals surface area contributed by atoms with Crippen LogP contribution in [0, 0.1) is 17.0 Å². The minimum Gasteiger partial charge on any atom is -0.378 e. The van der Waals surface area contributed by atoms with E-state index in [2.05, 4.69) is 38.3 Å². The van der Waals surface area contributed by atoms with E-state index >= 15 is 0 Å². The number of morpholine rings is 1. The van der Waals surface area contributed by atoms with Crippen LogP contribution in [0.4, 0.5) is 5.69 Å². The molecule has 0 atom stereocenters. The van der Waals surface area contributed by atoms with E-state index in [0.29, 0.717) is 13.2 Å². The van der Waals surface area contributed by atoms with Gasteiger partial charge >= 0.3 is 0 Å². The minimum atomic E-state index is -0.377. The van der Waals surface area contributed by atoms with Crippen LogP contribution in [-0.4, -0.2) is 53.5 Å². The summed E-state index contributed by atoms with van der Waals surface area (Å²) in [5.74, 6) is 0. The standard InChI is InChI=1S/C27H27N5O3/c1-19-25(24-4-2-3-5-26(24)30-19)18-29-28-17-22-9-8-21(27(22)31-12-14-35-15-13-31)16-20-6-10-23(11-7-20)32(33)34/h2-7,10-11,16-18,30H,8-9,12-15H2,1H3. The highest BCUT2D eigenvalue weighted by Crippen LogP contribution is 2.35. The number of para-hydroxylation sites is 1. The number of rotatable bonds is 6. The molecule has 2 aromatic carbocycles. The molecule has 2 aliphatic rings. The molecule has 5 rings (SSSR count). The van der Waals surface area contributed by atoms with Gasteiger partial charge in [0.15, 0.2) is 0 Å². The summed E-state index contributed by atoms with van der Waals surface area (Å²) in [4.78, 5) is 16.3. The number of nitrogens with zero attached hydrogens (tertiary/aromatic N) is 4. The molecule has 1 saturated heterocycles. The van der Waals surface area contributed by atoms with Crippen LogP contribution in [-0.2, 0) is 4.74 Å². The number of non-ortho nitro benzene ring substituents is 1. The van der Waals surface area contributed by atoms with Gasteiger partial charge in [-0.25, -0.2) is 0 Å². The lowest BCUT2D eigenvalue weighted by atomic mass is 10.1. The van der Waals surface area contributed by atoms with Crippen molar-refractivity contribution in [2.75, 3.05) is 26.3 Å². The highest BCUT2D eigenvalue weighted by atomic mass is 16.6. The van der Waals surface area contributed by atoms with Crippen LogP contribution in [0.3, 0.4) is 0 Å². The molecule has 1 aliphatic heterocycles. The van der Waals surface area contributed by atoms with E-state index in [0.717, 1.165) is 59.2 Å². The van der Waals surface area contributed by atoms with E-state index in [1.165, 1.54) is 11.3 Å². The first kappa shape index (κ1) is 22.7. The summed E-state index contributed by atoms with van der Waals surface area (Å²) in [5.41, 5.74) is 7.77. The predicted molar refractivity (Wildman–Crippen MR) is 139 cm³/mol. The van der Waals surface area contributed by atoms with Gasteiger partial charge in [0.05, 0.1) is 30.6 Å². The number of aromatic amines is 1. The monoisotopic (exact) mass is 469 g/mol. The van der Waals surface area contributed by atoms with Crippen LogP contribution in [0.1, 0.15) is 29.7 Å². The Morgan fingerprint density at radius 3 is 2.54 bits per heavy atom. The Hall–Kier alpha value is -4.04. The molecule has 0 amide bonds. The Kier molecular flexibility index (Phi) is 6.54. The van der Waals surface area contributed by atoms with Crippen molar-refractivity contribution in [3.8, 4) is 0 Å². The summed E-state index contributed by atoms with van der Waals surface area (Å²) in [6, 6.07) is 14.8. The maximum Gasteiger partial charge on any atom is 0.269 e. The molecule has 1 aromatic heterocycles. The third-order valence-corrected chi connectivity index (χ3v) is 6.45. The average molecular weight is 470 g/mol. The van der Waals surface area contributed by atoms with Crippen LogP contribution < -0.4 is 0 Å². The molecule has 0 radical (unpaired) electrons. The second kappa shape index (κ2) is 10.1. The number of allylic oxidation sites excluding steroid dienone is 2. The number of ether oxygens (including phenoxy) is 1. The van der Waals surface area contributed by atoms with Gasteiger partial charge < -0.3 is 14.6 Å². The normalized spacial score (nSPS) is 18.1. The molecule has 3 aromatic rings. The molecule has 2 heterocycles. The van der Waals surface area contributed by atoms with Crippen LogP contribution in [0.15, 0.2) is 75.6 Å². The third-order valence-electron chi connectivity index (χ3n) is 6.45. The van der Waals surface area contributed by atoms with Crippen molar-refractivity contribution in [3.05, 3.63) is 92.3 Å². The summed E-state index contributed by atoms with van der Waals surface area (Å²) in [6.07, 6.45) is 7.55. The Bertz CT molecular complexity index is 1360. The number of benzene rings is 2. The molecule has 35 heavy (non-hydrogen) atoms. The smallest absolute Gasteiger partial charge is 0.269 e. The van der Waals surface area contributed by atoms with Crippen molar-refractivity contribution in [2.45, 2.75) is 19.8 Å². The lowest BCUT2D eigenvalue weighted by Gasteiger charge is -2.31. The minimum absolute atomic E-state index is 0.0960. The second-order valence-corrected chi connectivity index (χ2v) is 8.69. The topological polar surface area (TPSA) is 96.1 Å². The molecule has 0 bridgehead atoms. The zero-order chi connectivity index (χ0) is 24.2. The van der Waals surface area contributed by atoms with Crippen molar-refractivity contribution in [2.24, 2.45) is 10.2 Å². The molecule has 8 heteroatoms. The average Bonchev–Trinajstić information content (AvgIpc) is 3.42. The van der Waals surface area contributed by atoms with Crippen molar-refractivity contribution in [1.82, 2.24) is 9.88 Å². The van der Waals surface area contributed by atoms with E-state index in [-0.39, 0.29) is 10.6 Å². The van der Waals surface area contributed by atoms with E-state index in [9.17, 15) is 10.1 Å². The van der Waals surface area contributed by atoms with Crippen LogP contribution in [0.2, 0.25) is 0 Å². The van der Waals surface area contributed by atoms with Crippen LogP contribution >= 0.6 is 0 Å². The zero-order valence-electron chi connectivity index (χ0n) is 19.6. The number of hydrogen-bond donors (Lipinski definition) is 1. The van der Waals surface area contributed by atoms with Gasteiger partial charge in [-0.3, -0.25) is 10.1 Å². The Morgan fingerprint density at radius 2 is 1.77 bits per heavy atom. The first-order valence-corrected chi connectivity index (χ1v) is 11.7. The van der Waals surface area contributed by atoms with E-state index < -0.39 is 0 Å². The highest BCUT2D eigenvalue weighted by molar-refractivity contribution is 6.00. The van der Waals surface area contributed by atoms with Crippen LogP contribution in [0.5, 0.6) is 0 Å². The van der Waals surface area contributed by atoms with Gasteiger partial charge in [0, 0.05) is 53.1 Å². The van der Waals surface area contributed by atoms with Gasteiger partial charge in [-0.15, -0.1) is 0 Å². The summed E-state index contributed by atoms with van der Waals surface area (Å²) < 4.78 is 5.56. The number of hydrogen-bond acceptors (Lipinski definition) is 6. The number of fused-ring (bicyclic) bond motifs is 1. The molecule has 1 N–H and O–H groups in total. The quantitative estimate of drug-likeness (QED) is 0.303. The van der Waals surface area contributed by atoms with Crippen molar-refractivity contribution < 1.29 is 9.66 Å². The number of nitro benzene ring substituents is 1. The lowest BCUT2D eigenvalue weighted by molar-refractivity contribution is -0.384. The first-order valence-electron chi connectivity index (χ1n) is 11.7. The van der Waals surface area contributed by atoms with Crippen LogP contribution in [0.25, 0.3) is 17.0 Å². The number of nitro groups is 1. The van der Waals surface area contributed by atoms with Gasteiger partial charge in [0.2, 0.25) is 0 Å².